The van der Waals surface area contributed by atoms with Crippen LogP contribution in [0.25, 0.3) is 0 Å². The standard InChI is InChI=1S/C21H27FN4O4S/c1-15(2)21(16-4-6-17(22)7-5-16)23-19-9-8-18(14-20(19)26(27)28)31(29,30)25-12-10-24(3)11-13-25/h4-9,14-15,21,23H,10-13H2,1-3H3/t21-/m1/s1. The highest BCUT2D eigenvalue weighted by Crippen LogP contribution is 2.34. The van der Waals surface area contributed by atoms with Crippen LogP contribution in [0.5, 0.6) is 0 Å². The van der Waals surface area contributed by atoms with Gasteiger partial charge in [-0.25, -0.2) is 12.8 Å². The highest BCUT2D eigenvalue weighted by Gasteiger charge is 2.30. The Bertz CT molecular complexity index is 1040. The van der Waals surface area contributed by atoms with Crippen LogP contribution in [0.4, 0.5) is 15.8 Å². The van der Waals surface area contributed by atoms with E-state index >= 15 is 0 Å². The van der Waals surface area contributed by atoms with E-state index < -0.39 is 14.9 Å². The van der Waals surface area contributed by atoms with Gasteiger partial charge >= 0.3 is 0 Å². The molecule has 3 rings (SSSR count). The second-order valence-electron chi connectivity index (χ2n) is 8.06. The zero-order chi connectivity index (χ0) is 22.8. The summed E-state index contributed by atoms with van der Waals surface area (Å²) in [5.74, 6) is -0.325. The van der Waals surface area contributed by atoms with Crippen LogP contribution in [0, 0.1) is 21.8 Å². The van der Waals surface area contributed by atoms with Crippen molar-refractivity contribution >= 4 is 21.4 Å². The number of nitrogens with zero attached hydrogens (tertiary/aromatic N) is 3. The van der Waals surface area contributed by atoms with Crippen molar-refractivity contribution < 1.29 is 17.7 Å². The first-order chi connectivity index (χ1) is 14.6. The second kappa shape index (κ2) is 9.29. The fourth-order valence-corrected chi connectivity index (χ4v) is 5.04. The summed E-state index contributed by atoms with van der Waals surface area (Å²) in [6, 6.07) is 9.55. The molecule has 0 aromatic heterocycles. The number of likely N-dealkylation sites (N-methyl/N-ethyl adjacent to an activating group) is 1. The number of rotatable bonds is 7. The minimum Gasteiger partial charge on any atom is -0.372 e. The minimum absolute atomic E-state index is 0.0406. The lowest BCUT2D eigenvalue weighted by Gasteiger charge is -2.31. The van der Waals surface area contributed by atoms with Crippen LogP contribution in [0.3, 0.4) is 0 Å². The number of benzene rings is 2. The zero-order valence-corrected chi connectivity index (χ0v) is 18.6. The molecule has 1 atom stereocenters. The molecule has 0 saturated carbocycles. The highest BCUT2D eigenvalue weighted by molar-refractivity contribution is 7.89. The normalized spacial score (nSPS) is 16.9. The fraction of sp³-hybridized carbons (Fsp3) is 0.429. The molecular weight excluding hydrogens is 423 g/mol. The van der Waals surface area contributed by atoms with E-state index in [1.807, 2.05) is 25.8 Å². The SMILES string of the molecule is CC(C)[C@@H](Nc1ccc(S(=O)(=O)N2CCN(C)CC2)cc1[N+](=O)[O-])c1ccc(F)cc1. The molecule has 8 nitrogen and oxygen atoms in total. The molecule has 1 N–H and O–H groups in total. The van der Waals surface area contributed by atoms with Gasteiger partial charge in [0.15, 0.2) is 0 Å². The summed E-state index contributed by atoms with van der Waals surface area (Å²) in [5, 5.41) is 14.9. The summed E-state index contributed by atoms with van der Waals surface area (Å²) in [5.41, 5.74) is 0.674. The van der Waals surface area contributed by atoms with Gasteiger partial charge in [0, 0.05) is 32.2 Å². The first-order valence-electron chi connectivity index (χ1n) is 10.1. The van der Waals surface area contributed by atoms with E-state index in [4.69, 9.17) is 0 Å². The average Bonchev–Trinajstić information content (AvgIpc) is 2.72. The Balaban J connectivity index is 1.93. The molecule has 2 aromatic rings. The molecule has 10 heteroatoms. The lowest BCUT2D eigenvalue weighted by molar-refractivity contribution is -0.384. The predicted molar refractivity (Wildman–Crippen MR) is 117 cm³/mol. The van der Waals surface area contributed by atoms with Crippen LogP contribution in [0.1, 0.15) is 25.5 Å². The van der Waals surface area contributed by atoms with E-state index in [2.05, 4.69) is 5.32 Å². The molecule has 1 aliphatic heterocycles. The van der Waals surface area contributed by atoms with Gasteiger partial charge in [-0.2, -0.15) is 4.31 Å². The van der Waals surface area contributed by atoms with Crippen LogP contribution >= 0.6 is 0 Å². The Labute approximate surface area is 181 Å². The molecule has 168 valence electrons. The van der Waals surface area contributed by atoms with Gasteiger partial charge in [0.05, 0.1) is 15.9 Å². The van der Waals surface area contributed by atoms with Gasteiger partial charge in [0.2, 0.25) is 10.0 Å². The van der Waals surface area contributed by atoms with Gasteiger partial charge in [-0.1, -0.05) is 26.0 Å². The van der Waals surface area contributed by atoms with Gasteiger partial charge in [0.25, 0.3) is 5.69 Å². The Kier molecular flexibility index (Phi) is 6.93. The maximum Gasteiger partial charge on any atom is 0.293 e. The van der Waals surface area contributed by atoms with E-state index in [9.17, 15) is 22.9 Å². The van der Waals surface area contributed by atoms with Crippen molar-refractivity contribution in [3.8, 4) is 0 Å². The Morgan fingerprint density at radius 3 is 2.23 bits per heavy atom. The molecule has 0 unspecified atom stereocenters. The van der Waals surface area contributed by atoms with Crippen molar-refractivity contribution in [2.24, 2.45) is 5.92 Å². The Hall–Kier alpha value is -2.56. The Morgan fingerprint density at radius 2 is 1.68 bits per heavy atom. The van der Waals surface area contributed by atoms with Crippen molar-refractivity contribution in [2.75, 3.05) is 38.5 Å². The van der Waals surface area contributed by atoms with E-state index in [1.54, 1.807) is 12.1 Å². The largest absolute Gasteiger partial charge is 0.372 e. The number of piperazine rings is 1. The quantitative estimate of drug-likeness (QED) is 0.513. The third-order valence-electron chi connectivity index (χ3n) is 5.47. The molecule has 1 heterocycles. The summed E-state index contributed by atoms with van der Waals surface area (Å²) >= 11 is 0. The fourth-order valence-electron chi connectivity index (χ4n) is 3.60. The number of nitro benzene ring substituents is 1. The number of nitro groups is 1. The molecule has 0 radical (unpaired) electrons. The first kappa shape index (κ1) is 23.1. The van der Waals surface area contributed by atoms with E-state index in [0.29, 0.717) is 26.2 Å². The molecule has 1 fully saturated rings. The van der Waals surface area contributed by atoms with Gasteiger partial charge in [0.1, 0.15) is 11.5 Å². The van der Waals surface area contributed by atoms with E-state index in [0.717, 1.165) is 11.6 Å². The summed E-state index contributed by atoms with van der Waals surface area (Å²) < 4.78 is 40.6. The van der Waals surface area contributed by atoms with Crippen LogP contribution in [0.2, 0.25) is 0 Å². The number of hydrogen-bond donors (Lipinski definition) is 1. The summed E-state index contributed by atoms with van der Waals surface area (Å²) in [4.78, 5) is 13.1. The molecule has 1 aliphatic rings. The third-order valence-corrected chi connectivity index (χ3v) is 7.37. The summed E-state index contributed by atoms with van der Waals surface area (Å²) in [6.45, 7) is 5.78. The maximum absolute atomic E-state index is 13.3. The Morgan fingerprint density at radius 1 is 1.06 bits per heavy atom. The van der Waals surface area contributed by atoms with E-state index in [-0.39, 0.29) is 34.0 Å². The topological polar surface area (TPSA) is 95.8 Å². The molecule has 1 saturated heterocycles. The molecule has 0 amide bonds. The molecule has 0 spiro atoms. The van der Waals surface area contributed by atoms with Crippen LogP contribution in [-0.2, 0) is 10.0 Å². The number of hydrogen-bond acceptors (Lipinski definition) is 6. The van der Waals surface area contributed by atoms with Crippen molar-refractivity contribution in [3.05, 3.63) is 64.0 Å². The summed E-state index contributed by atoms with van der Waals surface area (Å²) in [7, 11) is -1.91. The molecule has 31 heavy (non-hydrogen) atoms. The predicted octanol–water partition coefficient (Wildman–Crippen LogP) is 3.48. The molecule has 0 aliphatic carbocycles. The van der Waals surface area contributed by atoms with Crippen LogP contribution in [0.15, 0.2) is 47.4 Å². The highest BCUT2D eigenvalue weighted by atomic mass is 32.2. The number of halogens is 1. The van der Waals surface area contributed by atoms with Crippen molar-refractivity contribution in [3.63, 3.8) is 0 Å². The van der Waals surface area contributed by atoms with Gasteiger partial charge in [-0.3, -0.25) is 10.1 Å². The van der Waals surface area contributed by atoms with Crippen molar-refractivity contribution in [2.45, 2.75) is 24.8 Å². The molecular formula is C21H27FN4O4S. The number of anilines is 1. The molecule has 0 bridgehead atoms. The van der Waals surface area contributed by atoms with Crippen molar-refractivity contribution in [1.29, 1.82) is 0 Å². The van der Waals surface area contributed by atoms with Crippen LogP contribution < -0.4 is 5.32 Å². The monoisotopic (exact) mass is 450 g/mol. The van der Waals surface area contributed by atoms with Gasteiger partial charge in [-0.15, -0.1) is 0 Å². The third kappa shape index (κ3) is 5.20. The number of sulfonamides is 1. The van der Waals surface area contributed by atoms with Gasteiger partial charge < -0.3 is 10.2 Å². The first-order valence-corrected chi connectivity index (χ1v) is 11.5. The second-order valence-corrected chi connectivity index (χ2v) is 10.00. The number of nitrogens with one attached hydrogen (secondary N) is 1. The average molecular weight is 451 g/mol. The van der Waals surface area contributed by atoms with Gasteiger partial charge in [-0.05, 0) is 42.8 Å². The lowest BCUT2D eigenvalue weighted by atomic mass is 9.95. The molecule has 2 aromatic carbocycles. The lowest BCUT2D eigenvalue weighted by Crippen LogP contribution is -2.47. The van der Waals surface area contributed by atoms with Crippen LogP contribution in [-0.4, -0.2) is 55.8 Å². The minimum atomic E-state index is -3.83. The summed E-state index contributed by atoms with van der Waals surface area (Å²) in [6.07, 6.45) is 0. The maximum atomic E-state index is 13.3. The smallest absolute Gasteiger partial charge is 0.293 e. The van der Waals surface area contributed by atoms with Crippen molar-refractivity contribution in [1.82, 2.24) is 9.21 Å². The zero-order valence-electron chi connectivity index (χ0n) is 17.8. The van der Waals surface area contributed by atoms with E-state index in [1.165, 1.54) is 28.6 Å².